The molecule has 1 atom stereocenters. The number of piperazine rings is 1. The molecular weight excluding hydrogens is 394 g/mol. The van der Waals surface area contributed by atoms with Gasteiger partial charge in [0.15, 0.2) is 0 Å². The molecule has 0 radical (unpaired) electrons. The van der Waals surface area contributed by atoms with Crippen LogP contribution in [-0.2, 0) is 9.59 Å². The zero-order valence-corrected chi connectivity index (χ0v) is 17.8. The molecule has 2 amide bonds. The molecule has 0 spiro atoms. The van der Waals surface area contributed by atoms with Crippen LogP contribution in [0.15, 0.2) is 53.5 Å². The van der Waals surface area contributed by atoms with E-state index < -0.39 is 6.04 Å². The average molecular weight is 422 g/mol. The summed E-state index contributed by atoms with van der Waals surface area (Å²) in [5.74, 6) is 0.853. The summed E-state index contributed by atoms with van der Waals surface area (Å²) in [5.41, 5.74) is 2.95. The fraction of sp³-hybridized carbons (Fsp3) is 0.348. The number of hydrogen-bond donors (Lipinski definition) is 2. The van der Waals surface area contributed by atoms with Gasteiger partial charge in [-0.1, -0.05) is 17.7 Å². The first kappa shape index (κ1) is 20.7. The Balaban J connectivity index is 1.39. The maximum absolute atomic E-state index is 12.7. The van der Waals surface area contributed by atoms with Crippen LogP contribution in [0.5, 0.6) is 5.75 Å². The van der Waals surface area contributed by atoms with Gasteiger partial charge in [-0.05, 0) is 43.3 Å². The zero-order chi connectivity index (χ0) is 21.8. The van der Waals surface area contributed by atoms with E-state index in [1.54, 1.807) is 7.11 Å². The summed E-state index contributed by atoms with van der Waals surface area (Å²) in [4.78, 5) is 33.8. The Kier molecular flexibility index (Phi) is 6.06. The molecule has 1 saturated heterocycles. The Labute approximate surface area is 181 Å². The Morgan fingerprint density at radius 2 is 1.68 bits per heavy atom. The second-order valence-corrected chi connectivity index (χ2v) is 7.75. The molecule has 0 saturated carbocycles. The number of carbonyl (C=O) groups is 2. The van der Waals surface area contributed by atoms with Crippen LogP contribution >= 0.6 is 0 Å². The standard InChI is InChI=1S/C23H27N5O3/c1-16-3-5-17(6-4-16)24-22(30)20-15-21(29)26-23(25-20)28-13-11-27(12-14-28)18-7-9-19(31-2)10-8-18/h3-10,20H,11-15H2,1-2H3,(H,24,30)(H,25,26,29)/t20-/m1/s1. The highest BCUT2D eigenvalue weighted by atomic mass is 16.5. The topological polar surface area (TPSA) is 86.3 Å². The van der Waals surface area contributed by atoms with E-state index in [-0.39, 0.29) is 18.2 Å². The van der Waals surface area contributed by atoms with Gasteiger partial charge in [0.2, 0.25) is 17.8 Å². The van der Waals surface area contributed by atoms with E-state index in [0.29, 0.717) is 24.7 Å². The van der Waals surface area contributed by atoms with E-state index >= 15 is 0 Å². The number of rotatable bonds is 4. The van der Waals surface area contributed by atoms with Crippen molar-refractivity contribution in [1.29, 1.82) is 0 Å². The number of amides is 2. The van der Waals surface area contributed by atoms with Gasteiger partial charge in [0.05, 0.1) is 13.5 Å². The molecule has 0 bridgehead atoms. The van der Waals surface area contributed by atoms with E-state index in [1.807, 2.05) is 60.4 Å². The van der Waals surface area contributed by atoms with Gasteiger partial charge >= 0.3 is 0 Å². The predicted molar refractivity (Wildman–Crippen MR) is 121 cm³/mol. The predicted octanol–water partition coefficient (Wildman–Crippen LogP) is 2.01. The van der Waals surface area contributed by atoms with Crippen LogP contribution in [0, 0.1) is 6.92 Å². The highest BCUT2D eigenvalue weighted by Gasteiger charge is 2.30. The number of nitrogens with zero attached hydrogens (tertiary/aromatic N) is 3. The van der Waals surface area contributed by atoms with Crippen LogP contribution in [0.25, 0.3) is 0 Å². The number of hydrogen-bond acceptors (Lipinski definition) is 6. The number of aliphatic imine (C=N–C) groups is 1. The molecule has 31 heavy (non-hydrogen) atoms. The van der Waals surface area contributed by atoms with Gasteiger partial charge in [0, 0.05) is 37.6 Å². The van der Waals surface area contributed by atoms with E-state index in [2.05, 4.69) is 20.5 Å². The molecule has 4 rings (SSSR count). The first-order valence-corrected chi connectivity index (χ1v) is 10.4. The van der Waals surface area contributed by atoms with Crippen molar-refractivity contribution < 1.29 is 14.3 Å². The minimum atomic E-state index is -0.732. The van der Waals surface area contributed by atoms with Crippen molar-refractivity contribution in [3.8, 4) is 5.75 Å². The molecule has 2 aliphatic rings. The normalized spacial score (nSPS) is 18.8. The Bertz CT molecular complexity index is 964. The molecule has 0 unspecified atom stereocenters. The van der Waals surface area contributed by atoms with Gasteiger partial charge in [-0.3, -0.25) is 14.9 Å². The van der Waals surface area contributed by atoms with Crippen molar-refractivity contribution in [3.05, 3.63) is 54.1 Å². The molecule has 2 aromatic rings. The molecule has 0 aliphatic carbocycles. The van der Waals surface area contributed by atoms with Gasteiger partial charge in [-0.2, -0.15) is 0 Å². The maximum Gasteiger partial charge on any atom is 0.249 e. The fourth-order valence-corrected chi connectivity index (χ4v) is 3.72. The third-order valence-corrected chi connectivity index (χ3v) is 5.55. The second-order valence-electron chi connectivity index (χ2n) is 7.75. The van der Waals surface area contributed by atoms with Crippen molar-refractivity contribution in [3.63, 3.8) is 0 Å². The van der Waals surface area contributed by atoms with Crippen LogP contribution in [0.2, 0.25) is 0 Å². The Morgan fingerprint density at radius 1 is 1.03 bits per heavy atom. The Hall–Kier alpha value is -3.55. The van der Waals surface area contributed by atoms with Gasteiger partial charge in [-0.15, -0.1) is 0 Å². The second kappa shape index (κ2) is 9.07. The number of carbonyl (C=O) groups excluding carboxylic acids is 2. The summed E-state index contributed by atoms with van der Waals surface area (Å²) in [6.45, 7) is 4.99. The van der Waals surface area contributed by atoms with Gasteiger partial charge in [0.1, 0.15) is 11.8 Å². The van der Waals surface area contributed by atoms with E-state index in [1.165, 1.54) is 0 Å². The monoisotopic (exact) mass is 421 g/mol. The summed E-state index contributed by atoms with van der Waals surface area (Å²) in [6.07, 6.45) is 0.0486. The lowest BCUT2D eigenvalue weighted by Crippen LogP contribution is -2.56. The van der Waals surface area contributed by atoms with Crippen molar-refractivity contribution in [1.82, 2.24) is 10.2 Å². The molecule has 2 heterocycles. The van der Waals surface area contributed by atoms with Crippen LogP contribution < -0.4 is 20.3 Å². The molecular formula is C23H27N5O3. The fourth-order valence-electron chi connectivity index (χ4n) is 3.72. The van der Waals surface area contributed by atoms with E-state index in [4.69, 9.17) is 4.74 Å². The van der Waals surface area contributed by atoms with Crippen molar-refractivity contribution in [2.75, 3.05) is 43.5 Å². The quantitative estimate of drug-likeness (QED) is 0.789. The minimum absolute atomic E-state index is 0.0486. The highest BCUT2D eigenvalue weighted by Crippen LogP contribution is 2.21. The smallest absolute Gasteiger partial charge is 0.249 e. The number of ether oxygens (including phenoxy) is 1. The lowest BCUT2D eigenvalue weighted by atomic mass is 10.1. The lowest BCUT2D eigenvalue weighted by Gasteiger charge is -2.38. The number of benzene rings is 2. The summed E-state index contributed by atoms with van der Waals surface area (Å²) in [6, 6.07) is 14.8. The maximum atomic E-state index is 12.7. The highest BCUT2D eigenvalue weighted by molar-refractivity contribution is 6.06. The zero-order valence-electron chi connectivity index (χ0n) is 17.8. The molecule has 2 aliphatic heterocycles. The molecule has 162 valence electrons. The molecule has 2 N–H and O–H groups in total. The molecule has 8 nitrogen and oxygen atoms in total. The van der Waals surface area contributed by atoms with Crippen molar-refractivity contribution >= 4 is 29.1 Å². The molecule has 2 aromatic carbocycles. The van der Waals surface area contributed by atoms with Crippen LogP contribution in [0.1, 0.15) is 12.0 Å². The van der Waals surface area contributed by atoms with Crippen LogP contribution in [-0.4, -0.2) is 62.0 Å². The summed E-state index contributed by atoms with van der Waals surface area (Å²) >= 11 is 0. The number of guanidine groups is 1. The minimum Gasteiger partial charge on any atom is -0.497 e. The number of methoxy groups -OCH3 is 1. The van der Waals surface area contributed by atoms with Gasteiger partial charge in [0.25, 0.3) is 0 Å². The van der Waals surface area contributed by atoms with Gasteiger partial charge < -0.3 is 19.9 Å². The number of anilines is 2. The van der Waals surface area contributed by atoms with E-state index in [9.17, 15) is 9.59 Å². The van der Waals surface area contributed by atoms with Crippen LogP contribution in [0.4, 0.5) is 11.4 Å². The third kappa shape index (κ3) is 4.96. The average Bonchev–Trinajstić information content (AvgIpc) is 2.80. The van der Waals surface area contributed by atoms with Crippen molar-refractivity contribution in [2.24, 2.45) is 4.99 Å². The first-order chi connectivity index (χ1) is 15.0. The largest absolute Gasteiger partial charge is 0.497 e. The third-order valence-electron chi connectivity index (χ3n) is 5.55. The first-order valence-electron chi connectivity index (χ1n) is 10.4. The number of nitrogens with one attached hydrogen (secondary N) is 2. The summed E-state index contributed by atoms with van der Waals surface area (Å²) < 4.78 is 5.22. The SMILES string of the molecule is COc1ccc(N2CCN(C3=N[C@@H](C(=O)Nc4ccc(C)cc4)CC(=O)N3)CC2)cc1. The lowest BCUT2D eigenvalue weighted by molar-refractivity contribution is -0.125. The molecule has 0 aromatic heterocycles. The summed E-state index contributed by atoms with van der Waals surface area (Å²) in [5, 5.41) is 5.69. The van der Waals surface area contributed by atoms with Crippen LogP contribution in [0.3, 0.4) is 0 Å². The van der Waals surface area contributed by atoms with Gasteiger partial charge in [-0.25, -0.2) is 4.99 Å². The van der Waals surface area contributed by atoms with E-state index in [0.717, 1.165) is 30.1 Å². The summed E-state index contributed by atoms with van der Waals surface area (Å²) in [7, 11) is 1.65. The molecule has 1 fully saturated rings. The molecule has 8 heteroatoms. The number of aryl methyl sites for hydroxylation is 1. The van der Waals surface area contributed by atoms with Crippen molar-refractivity contribution in [2.45, 2.75) is 19.4 Å². The Morgan fingerprint density at radius 3 is 2.32 bits per heavy atom.